The molecular weight excluding hydrogens is 420 g/mol. The van der Waals surface area contributed by atoms with Gasteiger partial charge in [-0.2, -0.15) is 4.31 Å². The number of rotatable bonds is 7. The van der Waals surface area contributed by atoms with Crippen LogP contribution < -0.4 is 5.32 Å². The molecule has 0 spiro atoms. The standard InChI is InChI=1S/C20H22N6O4S/c27-20(24-8-10-25-9-7-23-19(25)18-15-21-5-6-22-18)16-1-3-17(4-2-16)31(28,29)26-11-13-30-14-12-26/h1-7,9,15H,8,10-14H2,(H,24,27). The van der Waals surface area contributed by atoms with Gasteiger partial charge in [-0.15, -0.1) is 0 Å². The van der Waals surface area contributed by atoms with Gasteiger partial charge in [0.05, 0.1) is 24.3 Å². The third kappa shape index (κ3) is 4.79. The highest BCUT2D eigenvalue weighted by Crippen LogP contribution is 2.18. The van der Waals surface area contributed by atoms with Crippen molar-refractivity contribution in [3.63, 3.8) is 0 Å². The second-order valence-corrected chi connectivity index (χ2v) is 8.77. The summed E-state index contributed by atoms with van der Waals surface area (Å²) < 4.78 is 33.8. The number of carbonyl (C=O) groups is 1. The van der Waals surface area contributed by atoms with Crippen LogP contribution in [0.5, 0.6) is 0 Å². The van der Waals surface area contributed by atoms with Crippen LogP contribution in [0.3, 0.4) is 0 Å². The minimum Gasteiger partial charge on any atom is -0.379 e. The van der Waals surface area contributed by atoms with E-state index in [-0.39, 0.29) is 10.8 Å². The van der Waals surface area contributed by atoms with Crippen molar-refractivity contribution in [1.29, 1.82) is 0 Å². The van der Waals surface area contributed by atoms with Crippen molar-refractivity contribution in [3.8, 4) is 11.5 Å². The highest BCUT2D eigenvalue weighted by molar-refractivity contribution is 7.89. The van der Waals surface area contributed by atoms with Crippen molar-refractivity contribution in [2.75, 3.05) is 32.8 Å². The second-order valence-electron chi connectivity index (χ2n) is 6.83. The van der Waals surface area contributed by atoms with Crippen LogP contribution in [0, 0.1) is 0 Å². The van der Waals surface area contributed by atoms with Gasteiger partial charge in [-0.1, -0.05) is 0 Å². The fourth-order valence-electron chi connectivity index (χ4n) is 3.24. The molecule has 0 aliphatic carbocycles. The molecule has 0 saturated carbocycles. The fraction of sp³-hybridized carbons (Fsp3) is 0.300. The number of sulfonamides is 1. The number of benzene rings is 1. The molecular formula is C20H22N6O4S. The summed E-state index contributed by atoms with van der Waals surface area (Å²) in [7, 11) is -3.58. The highest BCUT2D eigenvalue weighted by atomic mass is 32.2. The van der Waals surface area contributed by atoms with Gasteiger partial charge in [0.25, 0.3) is 5.91 Å². The Hall–Kier alpha value is -3.15. The molecule has 0 bridgehead atoms. The predicted molar refractivity (Wildman–Crippen MR) is 112 cm³/mol. The maximum atomic E-state index is 12.7. The summed E-state index contributed by atoms with van der Waals surface area (Å²) in [4.78, 5) is 25.2. The molecule has 1 saturated heterocycles. The molecule has 0 unspecified atom stereocenters. The van der Waals surface area contributed by atoms with E-state index >= 15 is 0 Å². The van der Waals surface area contributed by atoms with E-state index in [1.54, 1.807) is 24.8 Å². The van der Waals surface area contributed by atoms with Gasteiger partial charge in [0, 0.05) is 56.5 Å². The van der Waals surface area contributed by atoms with Crippen LogP contribution in [0.15, 0.2) is 60.1 Å². The van der Waals surface area contributed by atoms with Crippen molar-refractivity contribution in [2.45, 2.75) is 11.4 Å². The molecule has 4 rings (SSSR count). The van der Waals surface area contributed by atoms with Gasteiger partial charge in [0.2, 0.25) is 10.0 Å². The number of ether oxygens (including phenoxy) is 1. The number of hydrogen-bond acceptors (Lipinski definition) is 7. The fourth-order valence-corrected chi connectivity index (χ4v) is 4.65. The third-order valence-corrected chi connectivity index (χ3v) is 6.78. The Balaban J connectivity index is 1.35. The largest absolute Gasteiger partial charge is 0.379 e. The molecule has 11 heteroatoms. The van der Waals surface area contributed by atoms with Crippen LogP contribution in [0.4, 0.5) is 0 Å². The lowest BCUT2D eigenvalue weighted by Crippen LogP contribution is -2.40. The van der Waals surface area contributed by atoms with E-state index in [9.17, 15) is 13.2 Å². The summed E-state index contributed by atoms with van der Waals surface area (Å²) in [6.45, 7) is 2.30. The van der Waals surface area contributed by atoms with E-state index in [2.05, 4.69) is 20.3 Å². The molecule has 0 radical (unpaired) electrons. The van der Waals surface area contributed by atoms with Crippen LogP contribution in [-0.2, 0) is 21.3 Å². The number of nitrogens with zero attached hydrogens (tertiary/aromatic N) is 5. The number of hydrogen-bond donors (Lipinski definition) is 1. The molecule has 1 fully saturated rings. The Kier molecular flexibility index (Phi) is 6.35. The Bertz CT molecular complexity index is 1130. The van der Waals surface area contributed by atoms with E-state index in [0.29, 0.717) is 56.5 Å². The molecule has 0 atom stereocenters. The first-order chi connectivity index (χ1) is 15.1. The lowest BCUT2D eigenvalue weighted by Gasteiger charge is -2.26. The molecule has 1 N–H and O–H groups in total. The Morgan fingerprint density at radius 2 is 1.84 bits per heavy atom. The smallest absolute Gasteiger partial charge is 0.251 e. The normalized spacial score (nSPS) is 15.0. The van der Waals surface area contributed by atoms with E-state index in [0.717, 1.165) is 0 Å². The molecule has 2 aromatic heterocycles. The number of aromatic nitrogens is 4. The van der Waals surface area contributed by atoms with E-state index in [4.69, 9.17) is 4.74 Å². The first-order valence-electron chi connectivity index (χ1n) is 9.79. The molecule has 162 valence electrons. The second kappa shape index (κ2) is 9.33. The number of amides is 1. The zero-order valence-corrected chi connectivity index (χ0v) is 17.5. The summed E-state index contributed by atoms with van der Waals surface area (Å²) in [5.74, 6) is 0.386. The average Bonchev–Trinajstić information content (AvgIpc) is 3.29. The summed E-state index contributed by atoms with van der Waals surface area (Å²) in [6.07, 6.45) is 8.29. The maximum absolute atomic E-state index is 12.7. The molecule has 1 amide bonds. The number of nitrogens with one attached hydrogen (secondary N) is 1. The molecule has 1 aliphatic rings. The van der Waals surface area contributed by atoms with Gasteiger partial charge in [0.15, 0.2) is 5.82 Å². The Labute approximate surface area is 180 Å². The lowest BCUT2D eigenvalue weighted by atomic mass is 10.2. The van der Waals surface area contributed by atoms with Crippen molar-refractivity contribution >= 4 is 15.9 Å². The lowest BCUT2D eigenvalue weighted by molar-refractivity contribution is 0.0730. The van der Waals surface area contributed by atoms with Gasteiger partial charge in [-0.25, -0.2) is 18.4 Å². The van der Waals surface area contributed by atoms with Crippen LogP contribution in [0.2, 0.25) is 0 Å². The molecule has 31 heavy (non-hydrogen) atoms. The Morgan fingerprint density at radius 3 is 2.55 bits per heavy atom. The molecule has 3 heterocycles. The topological polar surface area (TPSA) is 119 Å². The number of morpholine rings is 1. The van der Waals surface area contributed by atoms with E-state index < -0.39 is 10.0 Å². The van der Waals surface area contributed by atoms with Crippen LogP contribution in [0.1, 0.15) is 10.4 Å². The van der Waals surface area contributed by atoms with E-state index in [1.807, 2.05) is 10.8 Å². The third-order valence-electron chi connectivity index (χ3n) is 4.87. The minimum absolute atomic E-state index is 0.165. The van der Waals surface area contributed by atoms with Crippen LogP contribution in [0.25, 0.3) is 11.5 Å². The quantitative estimate of drug-likeness (QED) is 0.574. The summed E-state index contributed by atoms with van der Waals surface area (Å²) in [5, 5.41) is 2.84. The van der Waals surface area contributed by atoms with E-state index in [1.165, 1.54) is 28.6 Å². The van der Waals surface area contributed by atoms with Crippen molar-refractivity contribution in [3.05, 3.63) is 60.8 Å². The average molecular weight is 443 g/mol. The summed E-state index contributed by atoms with van der Waals surface area (Å²) in [6, 6.07) is 5.96. The highest BCUT2D eigenvalue weighted by Gasteiger charge is 2.26. The van der Waals surface area contributed by atoms with Gasteiger partial charge >= 0.3 is 0 Å². The van der Waals surface area contributed by atoms with Crippen molar-refractivity contribution in [1.82, 2.24) is 29.1 Å². The van der Waals surface area contributed by atoms with Crippen LogP contribution in [-0.4, -0.2) is 71.0 Å². The molecule has 1 aromatic carbocycles. The van der Waals surface area contributed by atoms with Gasteiger partial charge in [-0.05, 0) is 24.3 Å². The van der Waals surface area contributed by atoms with Crippen molar-refractivity contribution < 1.29 is 17.9 Å². The summed E-state index contributed by atoms with van der Waals surface area (Å²) >= 11 is 0. The first-order valence-corrected chi connectivity index (χ1v) is 11.2. The van der Waals surface area contributed by atoms with Gasteiger partial charge in [-0.3, -0.25) is 9.78 Å². The SMILES string of the molecule is O=C(NCCn1ccnc1-c1cnccn1)c1ccc(S(=O)(=O)N2CCOCC2)cc1. The predicted octanol–water partition coefficient (Wildman–Crippen LogP) is 0.791. The molecule has 1 aliphatic heterocycles. The monoisotopic (exact) mass is 442 g/mol. The zero-order chi connectivity index (χ0) is 21.7. The molecule has 10 nitrogen and oxygen atoms in total. The zero-order valence-electron chi connectivity index (χ0n) is 16.7. The van der Waals surface area contributed by atoms with Crippen molar-refractivity contribution in [2.24, 2.45) is 0 Å². The van der Waals surface area contributed by atoms with Gasteiger partial charge in [0.1, 0.15) is 5.69 Å². The first kappa shape index (κ1) is 21.1. The minimum atomic E-state index is -3.58. The summed E-state index contributed by atoms with van der Waals surface area (Å²) in [5.41, 5.74) is 1.04. The number of carbonyl (C=O) groups excluding carboxylic acids is 1. The van der Waals surface area contributed by atoms with Crippen LogP contribution >= 0.6 is 0 Å². The Morgan fingerprint density at radius 1 is 1.06 bits per heavy atom. The van der Waals surface area contributed by atoms with Gasteiger partial charge < -0.3 is 14.6 Å². The molecule has 3 aromatic rings. The maximum Gasteiger partial charge on any atom is 0.251 e. The number of imidazole rings is 1.